The van der Waals surface area contributed by atoms with Crippen LogP contribution in [0.25, 0.3) is 5.69 Å². The molecule has 2 N–H and O–H groups in total. The number of nitrogens with one attached hydrogen (secondary N) is 2. The third kappa shape index (κ3) is 5.80. The van der Waals surface area contributed by atoms with Gasteiger partial charge in [0.05, 0.1) is 11.9 Å². The van der Waals surface area contributed by atoms with Gasteiger partial charge in [-0.1, -0.05) is 38.1 Å². The Labute approximate surface area is 181 Å². The average Bonchev–Trinajstić information content (AvgIpc) is 3.35. The van der Waals surface area contributed by atoms with Crippen LogP contribution in [0, 0.1) is 0 Å². The lowest BCUT2D eigenvalue weighted by molar-refractivity contribution is 0.518. The smallest absolute Gasteiger partial charge is 0.191 e. The second-order valence-corrected chi connectivity index (χ2v) is 7.72. The molecule has 7 heteroatoms. The van der Waals surface area contributed by atoms with Gasteiger partial charge >= 0.3 is 0 Å². The molecule has 2 heterocycles. The predicted molar refractivity (Wildman–Crippen MR) is 125 cm³/mol. The highest BCUT2D eigenvalue weighted by atomic mass is 127. The average molecular weight is 495 g/mol. The summed E-state index contributed by atoms with van der Waals surface area (Å²) in [7, 11) is 1.79. The highest BCUT2D eigenvalue weighted by Gasteiger charge is 2.21. The van der Waals surface area contributed by atoms with E-state index in [2.05, 4.69) is 52.1 Å². The third-order valence-corrected chi connectivity index (χ3v) is 5.46. The van der Waals surface area contributed by atoms with E-state index in [-0.39, 0.29) is 29.4 Å². The van der Waals surface area contributed by atoms with Gasteiger partial charge in [-0.3, -0.25) is 4.99 Å². The second-order valence-electron chi connectivity index (χ2n) is 6.77. The molecule has 0 bridgehead atoms. The normalized spacial score (nSPS) is 11.7. The van der Waals surface area contributed by atoms with Crippen LogP contribution in [-0.2, 0) is 12.0 Å². The quantitative estimate of drug-likeness (QED) is 0.306. The lowest BCUT2D eigenvalue weighted by Crippen LogP contribution is -2.42. The number of para-hydroxylation sites is 1. The van der Waals surface area contributed by atoms with Gasteiger partial charge in [0.15, 0.2) is 5.96 Å². The third-order valence-electron chi connectivity index (χ3n) is 4.23. The maximum atomic E-state index is 4.43. The Kier molecular flexibility index (Phi) is 7.85. The molecule has 2 aromatic heterocycles. The van der Waals surface area contributed by atoms with Gasteiger partial charge in [-0.2, -0.15) is 5.10 Å². The van der Waals surface area contributed by atoms with Crippen molar-refractivity contribution in [2.45, 2.75) is 25.8 Å². The Morgan fingerprint density at radius 1 is 1.15 bits per heavy atom. The Morgan fingerprint density at radius 2 is 1.93 bits per heavy atom. The minimum Gasteiger partial charge on any atom is -0.356 e. The molecule has 0 spiro atoms. The van der Waals surface area contributed by atoms with Crippen LogP contribution in [0.3, 0.4) is 0 Å². The fourth-order valence-corrected chi connectivity index (χ4v) is 3.49. The number of nitrogens with zero attached hydrogens (tertiary/aromatic N) is 3. The van der Waals surface area contributed by atoms with E-state index in [1.165, 1.54) is 4.88 Å². The maximum Gasteiger partial charge on any atom is 0.191 e. The van der Waals surface area contributed by atoms with Crippen molar-refractivity contribution in [3.8, 4) is 5.69 Å². The number of halogens is 1. The van der Waals surface area contributed by atoms with Crippen LogP contribution in [0.1, 0.15) is 24.3 Å². The summed E-state index contributed by atoms with van der Waals surface area (Å²) in [4.78, 5) is 5.69. The molecule has 144 valence electrons. The van der Waals surface area contributed by atoms with Gasteiger partial charge in [-0.25, -0.2) is 4.68 Å². The highest BCUT2D eigenvalue weighted by molar-refractivity contribution is 14.0. The molecular weight excluding hydrogens is 469 g/mol. The van der Waals surface area contributed by atoms with Crippen molar-refractivity contribution in [3.63, 3.8) is 0 Å². The van der Waals surface area contributed by atoms with Crippen molar-refractivity contribution in [1.82, 2.24) is 20.4 Å². The largest absolute Gasteiger partial charge is 0.356 e. The molecule has 0 aliphatic heterocycles. The Balaban J connectivity index is 0.00000261. The van der Waals surface area contributed by atoms with E-state index in [9.17, 15) is 0 Å². The van der Waals surface area contributed by atoms with E-state index >= 15 is 0 Å². The van der Waals surface area contributed by atoms with Gasteiger partial charge in [0.1, 0.15) is 0 Å². The number of benzene rings is 1. The number of hydrogen-bond donors (Lipinski definition) is 2. The molecule has 0 saturated carbocycles. The molecule has 1 aromatic carbocycles. The zero-order chi connectivity index (χ0) is 18.4. The molecule has 0 aliphatic carbocycles. The van der Waals surface area contributed by atoms with Crippen molar-refractivity contribution in [1.29, 1.82) is 0 Å². The van der Waals surface area contributed by atoms with E-state index in [4.69, 9.17) is 0 Å². The summed E-state index contributed by atoms with van der Waals surface area (Å²) in [6.45, 7) is 5.97. The van der Waals surface area contributed by atoms with E-state index in [1.54, 1.807) is 18.4 Å². The minimum absolute atomic E-state index is 0. The Hall–Kier alpha value is -1.87. The molecule has 0 fully saturated rings. The standard InChI is InChI=1S/C20H25N5S.HI/c1-20(2,18-10-7-11-26-18)15-23-19(21-3)22-12-16-13-24-25(14-16)17-8-5-4-6-9-17;/h4-11,13-14H,12,15H2,1-3H3,(H2,21,22,23);1H. The van der Waals surface area contributed by atoms with Gasteiger partial charge in [0.2, 0.25) is 0 Å². The summed E-state index contributed by atoms with van der Waals surface area (Å²) in [5, 5.41) is 13.3. The van der Waals surface area contributed by atoms with Crippen molar-refractivity contribution >= 4 is 41.3 Å². The molecule has 0 amide bonds. The fraction of sp³-hybridized carbons (Fsp3) is 0.300. The highest BCUT2D eigenvalue weighted by Crippen LogP contribution is 2.26. The molecule has 0 aliphatic rings. The summed E-state index contributed by atoms with van der Waals surface area (Å²) in [6.07, 6.45) is 3.91. The SMILES string of the molecule is CN=C(NCc1cnn(-c2ccccc2)c1)NCC(C)(C)c1cccs1.I. The minimum atomic E-state index is 0. The first-order valence-corrected chi connectivity index (χ1v) is 9.54. The molecule has 5 nitrogen and oxygen atoms in total. The van der Waals surface area contributed by atoms with Crippen molar-refractivity contribution < 1.29 is 0 Å². The number of thiophene rings is 1. The molecule has 0 unspecified atom stereocenters. The fourth-order valence-electron chi connectivity index (χ4n) is 2.64. The van der Waals surface area contributed by atoms with Crippen LogP contribution in [0.5, 0.6) is 0 Å². The van der Waals surface area contributed by atoms with Crippen LogP contribution in [0.4, 0.5) is 0 Å². The molecular formula is C20H26IN5S. The van der Waals surface area contributed by atoms with Crippen LogP contribution in [0.15, 0.2) is 65.2 Å². The summed E-state index contributed by atoms with van der Waals surface area (Å²) in [5.41, 5.74) is 2.22. The van der Waals surface area contributed by atoms with Crippen molar-refractivity contribution in [2.75, 3.05) is 13.6 Å². The predicted octanol–water partition coefficient (Wildman–Crippen LogP) is 4.19. The summed E-state index contributed by atoms with van der Waals surface area (Å²) < 4.78 is 1.88. The van der Waals surface area contributed by atoms with Gasteiger partial charge in [0, 0.05) is 42.2 Å². The number of rotatable bonds is 6. The maximum absolute atomic E-state index is 4.43. The monoisotopic (exact) mass is 495 g/mol. The van der Waals surface area contributed by atoms with E-state index in [0.29, 0.717) is 6.54 Å². The topological polar surface area (TPSA) is 54.2 Å². The van der Waals surface area contributed by atoms with Crippen LogP contribution in [0.2, 0.25) is 0 Å². The number of aliphatic imine (C=N–C) groups is 1. The van der Waals surface area contributed by atoms with Crippen molar-refractivity contribution in [3.05, 3.63) is 70.7 Å². The van der Waals surface area contributed by atoms with E-state index in [1.807, 2.05) is 47.4 Å². The zero-order valence-corrected chi connectivity index (χ0v) is 19.0. The summed E-state index contributed by atoms with van der Waals surface area (Å²) in [6, 6.07) is 14.4. The van der Waals surface area contributed by atoms with Gasteiger partial charge in [-0.05, 0) is 23.6 Å². The molecule has 0 atom stereocenters. The first-order chi connectivity index (χ1) is 12.6. The number of aromatic nitrogens is 2. The molecule has 3 rings (SSSR count). The molecule has 3 aromatic rings. The van der Waals surface area contributed by atoms with Crippen LogP contribution < -0.4 is 10.6 Å². The zero-order valence-electron chi connectivity index (χ0n) is 15.8. The summed E-state index contributed by atoms with van der Waals surface area (Å²) >= 11 is 1.79. The first kappa shape index (κ1) is 21.4. The number of guanidine groups is 1. The Morgan fingerprint density at radius 3 is 2.59 bits per heavy atom. The molecule has 27 heavy (non-hydrogen) atoms. The second kappa shape index (κ2) is 9.89. The van der Waals surface area contributed by atoms with Crippen molar-refractivity contribution in [2.24, 2.45) is 4.99 Å². The van der Waals surface area contributed by atoms with Crippen LogP contribution in [-0.4, -0.2) is 29.3 Å². The number of hydrogen-bond acceptors (Lipinski definition) is 3. The Bertz CT molecular complexity index is 840. The lowest BCUT2D eigenvalue weighted by Gasteiger charge is -2.25. The van der Waals surface area contributed by atoms with Gasteiger partial charge in [-0.15, -0.1) is 35.3 Å². The lowest BCUT2D eigenvalue weighted by atomic mass is 9.91. The first-order valence-electron chi connectivity index (χ1n) is 8.66. The van der Waals surface area contributed by atoms with E-state index < -0.39 is 0 Å². The van der Waals surface area contributed by atoms with E-state index in [0.717, 1.165) is 23.8 Å². The molecule has 0 saturated heterocycles. The van der Waals surface area contributed by atoms with Crippen LogP contribution >= 0.6 is 35.3 Å². The molecule has 0 radical (unpaired) electrons. The summed E-state index contributed by atoms with van der Waals surface area (Å²) in [5.74, 6) is 0.794. The van der Waals surface area contributed by atoms with Gasteiger partial charge in [0.25, 0.3) is 0 Å². The van der Waals surface area contributed by atoms with Gasteiger partial charge < -0.3 is 10.6 Å².